The van der Waals surface area contributed by atoms with Gasteiger partial charge in [0, 0.05) is 26.2 Å². The largest absolute Gasteiger partial charge is 0.383 e. The van der Waals surface area contributed by atoms with Gasteiger partial charge in [-0.25, -0.2) is 0 Å². The van der Waals surface area contributed by atoms with E-state index in [9.17, 15) is 0 Å². The number of thiol groups is 1. The number of nitrogens with zero attached hydrogens (tertiary/aromatic N) is 1. The van der Waals surface area contributed by atoms with Crippen LogP contribution in [0.15, 0.2) is 0 Å². The van der Waals surface area contributed by atoms with E-state index < -0.39 is 0 Å². The molecule has 1 saturated carbocycles. The third kappa shape index (κ3) is 5.10. The Balaban J connectivity index is 2.57. The Morgan fingerprint density at radius 2 is 1.94 bits per heavy atom. The topological polar surface area (TPSA) is 12.5 Å². The second-order valence-electron chi connectivity index (χ2n) is 6.81. The lowest BCUT2D eigenvalue weighted by Crippen LogP contribution is -2.43. The predicted molar refractivity (Wildman–Crippen MR) is 82.4 cm³/mol. The van der Waals surface area contributed by atoms with Crippen molar-refractivity contribution in [2.24, 2.45) is 17.3 Å². The third-order valence-electron chi connectivity index (χ3n) is 4.36. The molecule has 0 N–H and O–H groups in total. The van der Waals surface area contributed by atoms with Crippen molar-refractivity contribution in [1.82, 2.24) is 4.90 Å². The molecule has 0 spiro atoms. The average Bonchev–Trinajstić information content (AvgIpc) is 3.10. The molecule has 1 aliphatic carbocycles. The van der Waals surface area contributed by atoms with E-state index in [1.165, 1.54) is 12.8 Å². The fraction of sp³-hybridized carbons (Fsp3) is 1.00. The molecule has 2 unspecified atom stereocenters. The SMILES string of the molecule is COCCN(CC(CS)C(C)(C)C)C(C)C1CC1. The summed E-state index contributed by atoms with van der Waals surface area (Å²) in [4.78, 5) is 2.62. The van der Waals surface area contributed by atoms with Crippen LogP contribution in [0.1, 0.15) is 40.5 Å². The highest BCUT2D eigenvalue weighted by molar-refractivity contribution is 7.80. The Kier molecular flexibility index (Phi) is 6.49. The van der Waals surface area contributed by atoms with Crippen molar-refractivity contribution in [1.29, 1.82) is 0 Å². The van der Waals surface area contributed by atoms with Crippen molar-refractivity contribution in [2.75, 3.05) is 32.6 Å². The van der Waals surface area contributed by atoms with Crippen LogP contribution in [0.2, 0.25) is 0 Å². The smallest absolute Gasteiger partial charge is 0.0589 e. The first-order valence-electron chi connectivity index (χ1n) is 7.24. The molecule has 18 heavy (non-hydrogen) atoms. The first-order valence-corrected chi connectivity index (χ1v) is 7.87. The molecule has 3 heteroatoms. The van der Waals surface area contributed by atoms with Crippen LogP contribution in [0.4, 0.5) is 0 Å². The Hall–Kier alpha value is 0.270. The first kappa shape index (κ1) is 16.3. The quantitative estimate of drug-likeness (QED) is 0.681. The Labute approximate surface area is 119 Å². The van der Waals surface area contributed by atoms with Gasteiger partial charge in [-0.05, 0) is 42.8 Å². The van der Waals surface area contributed by atoms with Crippen LogP contribution in [0.25, 0.3) is 0 Å². The molecule has 1 fully saturated rings. The van der Waals surface area contributed by atoms with Crippen molar-refractivity contribution in [3.63, 3.8) is 0 Å². The van der Waals surface area contributed by atoms with Crippen LogP contribution in [-0.2, 0) is 4.74 Å². The molecule has 108 valence electrons. The number of hydrogen-bond acceptors (Lipinski definition) is 3. The minimum atomic E-state index is 0.330. The molecular formula is C15H31NOS. The number of rotatable bonds is 8. The summed E-state index contributed by atoms with van der Waals surface area (Å²) in [7, 11) is 1.79. The van der Waals surface area contributed by atoms with E-state index in [1.54, 1.807) is 7.11 Å². The van der Waals surface area contributed by atoms with Gasteiger partial charge in [0.05, 0.1) is 6.61 Å². The predicted octanol–water partition coefficient (Wildman–Crippen LogP) is 3.33. The molecule has 2 nitrogen and oxygen atoms in total. The highest BCUT2D eigenvalue weighted by atomic mass is 32.1. The van der Waals surface area contributed by atoms with Gasteiger partial charge in [0.2, 0.25) is 0 Å². The summed E-state index contributed by atoms with van der Waals surface area (Å²) in [5.41, 5.74) is 0.330. The number of ether oxygens (including phenoxy) is 1. The van der Waals surface area contributed by atoms with Gasteiger partial charge in [-0.3, -0.25) is 4.90 Å². The zero-order valence-electron chi connectivity index (χ0n) is 12.8. The normalized spacial score (nSPS) is 20.2. The first-order chi connectivity index (χ1) is 8.40. The number of methoxy groups -OCH3 is 1. The van der Waals surface area contributed by atoms with E-state index in [1.807, 2.05) is 0 Å². The fourth-order valence-electron chi connectivity index (χ4n) is 2.44. The van der Waals surface area contributed by atoms with Crippen LogP contribution >= 0.6 is 12.6 Å². The van der Waals surface area contributed by atoms with E-state index in [-0.39, 0.29) is 0 Å². The highest BCUT2D eigenvalue weighted by Crippen LogP contribution is 2.36. The Bertz CT molecular complexity index is 235. The molecule has 0 saturated heterocycles. The fourth-order valence-corrected chi connectivity index (χ4v) is 3.10. The summed E-state index contributed by atoms with van der Waals surface area (Å²) in [6, 6.07) is 0.699. The lowest BCUT2D eigenvalue weighted by atomic mass is 9.81. The van der Waals surface area contributed by atoms with Crippen molar-refractivity contribution in [3.05, 3.63) is 0 Å². The van der Waals surface area contributed by atoms with Crippen LogP contribution in [-0.4, -0.2) is 43.5 Å². The molecule has 0 aromatic heterocycles. The van der Waals surface area contributed by atoms with Crippen LogP contribution in [0.5, 0.6) is 0 Å². The minimum Gasteiger partial charge on any atom is -0.383 e. The van der Waals surface area contributed by atoms with Gasteiger partial charge < -0.3 is 4.74 Å². The molecule has 2 atom stereocenters. The van der Waals surface area contributed by atoms with Gasteiger partial charge in [0.25, 0.3) is 0 Å². The van der Waals surface area contributed by atoms with E-state index in [2.05, 4.69) is 45.2 Å². The zero-order valence-corrected chi connectivity index (χ0v) is 13.7. The summed E-state index contributed by atoms with van der Waals surface area (Å²) in [5, 5.41) is 0. The molecule has 0 radical (unpaired) electrons. The second-order valence-corrected chi connectivity index (χ2v) is 7.18. The summed E-state index contributed by atoms with van der Waals surface area (Å²) in [5.74, 6) is 2.52. The van der Waals surface area contributed by atoms with Crippen LogP contribution in [0.3, 0.4) is 0 Å². The molecule has 0 amide bonds. The Morgan fingerprint density at radius 1 is 1.33 bits per heavy atom. The zero-order chi connectivity index (χ0) is 13.8. The van der Waals surface area contributed by atoms with Gasteiger partial charge in [0.15, 0.2) is 0 Å². The van der Waals surface area contributed by atoms with E-state index >= 15 is 0 Å². The summed E-state index contributed by atoms with van der Waals surface area (Å²) in [6.45, 7) is 12.4. The van der Waals surface area contributed by atoms with Crippen molar-refractivity contribution in [2.45, 2.75) is 46.6 Å². The van der Waals surface area contributed by atoms with Crippen molar-refractivity contribution < 1.29 is 4.74 Å². The van der Waals surface area contributed by atoms with Gasteiger partial charge in [-0.2, -0.15) is 12.6 Å². The van der Waals surface area contributed by atoms with Gasteiger partial charge in [0.1, 0.15) is 0 Å². The highest BCUT2D eigenvalue weighted by Gasteiger charge is 2.34. The van der Waals surface area contributed by atoms with Crippen LogP contribution in [0, 0.1) is 17.3 Å². The molecule has 0 aromatic carbocycles. The summed E-state index contributed by atoms with van der Waals surface area (Å²) in [6.07, 6.45) is 2.82. The maximum atomic E-state index is 5.26. The summed E-state index contributed by atoms with van der Waals surface area (Å²) >= 11 is 4.55. The summed E-state index contributed by atoms with van der Waals surface area (Å²) < 4.78 is 5.26. The molecule has 1 rings (SSSR count). The maximum absolute atomic E-state index is 5.26. The third-order valence-corrected chi connectivity index (χ3v) is 4.80. The molecule has 0 aliphatic heterocycles. The monoisotopic (exact) mass is 273 g/mol. The molecule has 0 heterocycles. The van der Waals surface area contributed by atoms with Gasteiger partial charge >= 0.3 is 0 Å². The van der Waals surface area contributed by atoms with Crippen LogP contribution < -0.4 is 0 Å². The van der Waals surface area contributed by atoms with Gasteiger partial charge in [-0.15, -0.1) is 0 Å². The van der Waals surface area contributed by atoms with E-state index in [0.29, 0.717) is 17.4 Å². The van der Waals surface area contributed by atoms with Crippen molar-refractivity contribution in [3.8, 4) is 0 Å². The number of hydrogen-bond donors (Lipinski definition) is 1. The minimum absolute atomic E-state index is 0.330. The molecule has 0 aromatic rings. The maximum Gasteiger partial charge on any atom is 0.0589 e. The molecule has 1 aliphatic rings. The van der Waals surface area contributed by atoms with E-state index in [4.69, 9.17) is 4.74 Å². The molecular weight excluding hydrogens is 242 g/mol. The molecule has 0 bridgehead atoms. The average molecular weight is 273 g/mol. The van der Waals surface area contributed by atoms with E-state index in [0.717, 1.165) is 31.4 Å². The second kappa shape index (κ2) is 7.16. The van der Waals surface area contributed by atoms with Gasteiger partial charge in [-0.1, -0.05) is 20.8 Å². The lowest BCUT2D eigenvalue weighted by molar-refractivity contribution is 0.0845. The van der Waals surface area contributed by atoms with Crippen molar-refractivity contribution >= 4 is 12.6 Å². The Morgan fingerprint density at radius 3 is 2.33 bits per heavy atom. The standard InChI is InChI=1S/C15H31NOS/c1-12(13-6-7-13)16(8-9-17-5)10-14(11-18)15(2,3)4/h12-14,18H,6-11H2,1-5H3. The lowest BCUT2D eigenvalue weighted by Gasteiger charge is -2.37.